The first-order chi connectivity index (χ1) is 32.9. The smallest absolute Gasteiger partial charge is 0.266 e. The monoisotopic (exact) mass is 1020 g/mol. The normalized spacial score (nSPS) is 44.4. The van der Waals surface area contributed by atoms with Gasteiger partial charge in [0, 0.05) is 51.1 Å². The molecule has 0 aromatic heterocycles. The summed E-state index contributed by atoms with van der Waals surface area (Å²) in [7, 11) is -8.20. The van der Waals surface area contributed by atoms with Gasteiger partial charge in [-0.1, -0.05) is 41.5 Å². The van der Waals surface area contributed by atoms with Gasteiger partial charge in [-0.15, -0.1) is 0 Å². The Labute approximate surface area is 421 Å². The fourth-order valence-electron chi connectivity index (χ4n) is 19.3. The first-order valence-corrected chi connectivity index (χ1v) is 31.3. The highest BCUT2D eigenvalue weighted by Gasteiger charge is 2.65. The zero-order valence-corrected chi connectivity index (χ0v) is 45.3. The van der Waals surface area contributed by atoms with Crippen LogP contribution in [0.25, 0.3) is 0 Å². The maximum Gasteiger partial charge on any atom is 0.266 e. The van der Waals surface area contributed by atoms with Crippen LogP contribution in [0.5, 0.6) is 0 Å². The van der Waals surface area contributed by atoms with E-state index in [9.17, 15) is 36.6 Å². The van der Waals surface area contributed by atoms with Crippen molar-refractivity contribution in [2.45, 2.75) is 194 Å². The molecule has 70 heavy (non-hydrogen) atoms. The van der Waals surface area contributed by atoms with Crippen LogP contribution in [-0.2, 0) is 29.8 Å². The number of aliphatic hydroxyl groups excluding tert-OH is 2. The first kappa shape index (κ1) is 54.8. The van der Waals surface area contributed by atoms with Gasteiger partial charge in [0.05, 0.1) is 23.7 Å². The van der Waals surface area contributed by atoms with Crippen LogP contribution in [0, 0.1) is 92.7 Å². The van der Waals surface area contributed by atoms with Gasteiger partial charge in [0.2, 0.25) is 11.8 Å². The third-order valence-electron chi connectivity index (χ3n) is 22.9. The lowest BCUT2D eigenvalue weighted by Crippen LogP contribution is -2.60. The minimum absolute atomic E-state index is 0.0748. The summed E-state index contributed by atoms with van der Waals surface area (Å²) < 4.78 is 62.3. The molecule has 8 aliphatic rings. The molecule has 8 aliphatic carbocycles. The van der Waals surface area contributed by atoms with Gasteiger partial charge < -0.3 is 31.5 Å². The molecule has 8 fully saturated rings. The van der Waals surface area contributed by atoms with Crippen LogP contribution in [0.1, 0.15) is 170 Å². The van der Waals surface area contributed by atoms with Gasteiger partial charge in [-0.05, 0) is 208 Å². The third kappa shape index (κ3) is 11.3. The van der Waals surface area contributed by atoms with Crippen molar-refractivity contribution in [1.29, 1.82) is 0 Å². The van der Waals surface area contributed by atoms with Crippen molar-refractivity contribution in [1.82, 2.24) is 21.3 Å². The minimum Gasteiger partial charge on any atom is -0.393 e. The minimum atomic E-state index is -4.10. The second kappa shape index (κ2) is 21.3. The summed E-state index contributed by atoms with van der Waals surface area (Å²) in [6.07, 6.45) is 19.8. The molecule has 0 radical (unpaired) electrons. The predicted octanol–water partition coefficient (Wildman–Crippen LogP) is 7.00. The number of rotatable bonds is 19. The summed E-state index contributed by atoms with van der Waals surface area (Å²) in [6, 6.07) is 0.944. The fraction of sp³-hybridized carbons (Fsp3) is 0.963. The second-order valence-electron chi connectivity index (χ2n) is 26.2. The molecule has 0 aliphatic heterocycles. The lowest BCUT2D eigenvalue weighted by Gasteiger charge is -2.63. The lowest BCUT2D eigenvalue weighted by atomic mass is 9.43. The summed E-state index contributed by atoms with van der Waals surface area (Å²) in [4.78, 5) is 25.0. The Bertz CT molecular complexity index is 1940. The van der Waals surface area contributed by atoms with Gasteiger partial charge in [0.15, 0.2) is 0 Å². The summed E-state index contributed by atoms with van der Waals surface area (Å²) in [5, 5.41) is 37.3. The molecule has 8 N–H and O–H groups in total. The Balaban J connectivity index is 0.768. The number of carbonyl (C=O) groups is 2. The van der Waals surface area contributed by atoms with E-state index in [0.29, 0.717) is 95.9 Å². The quantitative estimate of drug-likeness (QED) is 0.0483. The number of aliphatic hydroxyl groups is 2. The fourth-order valence-corrected chi connectivity index (χ4v) is 20.0. The lowest BCUT2D eigenvalue weighted by molar-refractivity contribution is -0.167. The van der Waals surface area contributed by atoms with E-state index in [1.54, 1.807) is 0 Å². The molecule has 2 amide bonds. The van der Waals surface area contributed by atoms with E-state index in [2.05, 4.69) is 62.8 Å². The Hall–Kier alpha value is -1.40. The van der Waals surface area contributed by atoms with Crippen LogP contribution in [0.15, 0.2) is 0 Å². The van der Waals surface area contributed by atoms with Crippen LogP contribution < -0.4 is 21.3 Å². The van der Waals surface area contributed by atoms with E-state index in [4.69, 9.17) is 9.11 Å². The van der Waals surface area contributed by atoms with Gasteiger partial charge in [-0.3, -0.25) is 18.7 Å². The van der Waals surface area contributed by atoms with Gasteiger partial charge >= 0.3 is 0 Å². The van der Waals surface area contributed by atoms with Crippen LogP contribution in [0.4, 0.5) is 0 Å². The Kier molecular flexibility index (Phi) is 16.7. The topological polar surface area (TPSA) is 231 Å². The Morgan fingerprint density at radius 1 is 0.514 bits per heavy atom. The van der Waals surface area contributed by atoms with E-state index < -0.39 is 31.7 Å². The van der Waals surface area contributed by atoms with Crippen molar-refractivity contribution in [2.75, 3.05) is 37.7 Å². The maximum absolute atomic E-state index is 12.5. The van der Waals surface area contributed by atoms with Crippen LogP contribution in [-0.4, -0.2) is 110 Å². The Morgan fingerprint density at radius 3 is 1.24 bits per heavy atom. The van der Waals surface area contributed by atoms with Crippen LogP contribution in [0.3, 0.4) is 0 Å². The van der Waals surface area contributed by atoms with Crippen molar-refractivity contribution < 1.29 is 45.7 Å². The van der Waals surface area contributed by atoms with Crippen molar-refractivity contribution in [3.8, 4) is 0 Å². The molecule has 0 aromatic carbocycles. The molecule has 20 atom stereocenters. The molecular formula is C54H94N4O10S2. The summed E-state index contributed by atoms with van der Waals surface area (Å²) in [6.45, 7) is 16.4. The number of hydrogen-bond donors (Lipinski definition) is 8. The van der Waals surface area contributed by atoms with E-state index in [-0.39, 0.29) is 58.8 Å². The molecule has 0 saturated heterocycles. The van der Waals surface area contributed by atoms with Gasteiger partial charge in [0.1, 0.15) is 0 Å². The Morgan fingerprint density at radius 2 is 0.871 bits per heavy atom. The zero-order chi connectivity index (χ0) is 50.6. The average molecular weight is 1020 g/mol. The van der Waals surface area contributed by atoms with Gasteiger partial charge in [0.25, 0.3) is 20.2 Å². The molecule has 2 unspecified atom stereocenters. The number of hydrogen-bond acceptors (Lipinski definition) is 10. The van der Waals surface area contributed by atoms with Crippen molar-refractivity contribution in [3.63, 3.8) is 0 Å². The van der Waals surface area contributed by atoms with Crippen molar-refractivity contribution in [3.05, 3.63) is 0 Å². The van der Waals surface area contributed by atoms with Gasteiger partial charge in [-0.2, -0.15) is 16.8 Å². The standard InChI is InChI=1S/C54H94N4O10S2/c1-33(7-13-47(61)57-25-27-69(63,64)65)39-9-11-41-49-43(17-21-53(39,41)5)51(3)19-15-37(29-35(51)31-45(49)59)55-23-24-56-38-16-20-52(4)36(30-38)32-46(60)50-42-12-10-40(54(42,6)22-18-44(50)52)34(2)8-14-48(62)58-26-28-70(66,67)68/h33-46,49-50,55-56,59-60H,7-32H2,1-6H3,(H,57,61)(H,58,62)(H,63,64,65)(H,66,67,68)/t33-,34-,35+,36+,37?,38?,39-,40-,41+,42+,43+,44+,45+,46+,49+,50+,51+,52+,53-,54-/m1/s1. The van der Waals surface area contributed by atoms with Crippen LogP contribution in [0.2, 0.25) is 0 Å². The van der Waals surface area contributed by atoms with Crippen molar-refractivity contribution in [2.24, 2.45) is 92.7 Å². The number of nitrogens with one attached hydrogen (secondary N) is 4. The molecule has 16 heteroatoms. The number of fused-ring (bicyclic) bond motifs is 10. The second-order valence-corrected chi connectivity index (χ2v) is 29.3. The molecule has 14 nitrogen and oxygen atoms in total. The number of amides is 2. The molecule has 0 aromatic rings. The highest BCUT2D eigenvalue weighted by atomic mass is 32.2. The zero-order valence-electron chi connectivity index (χ0n) is 43.7. The highest BCUT2D eigenvalue weighted by molar-refractivity contribution is 7.86. The third-order valence-corrected chi connectivity index (χ3v) is 24.3. The summed E-state index contributed by atoms with van der Waals surface area (Å²) in [5.41, 5.74) is 0.796. The SMILES string of the molecule is C[C@H](CCC(=O)NCCS(=O)(=O)O)[C@H]1CC[C@H]2[C@@H]3[C@@H](O)C[C@@H]4CC(NCCNC5CC[C@@]6(C)[C@@H](C5)C[C@H](O)[C@@H]5[C@@H]6CC[C@]6(C)[C@@H]([C@H](C)CCC(=O)NCCS(=O)(=O)O)CC[C@@H]56)CC[C@]4(C)[C@H]3CC[C@]12C. The van der Waals surface area contributed by atoms with Crippen molar-refractivity contribution >= 4 is 32.1 Å². The summed E-state index contributed by atoms with van der Waals surface area (Å²) >= 11 is 0. The molecule has 0 bridgehead atoms. The molecule has 0 heterocycles. The van der Waals surface area contributed by atoms with E-state index >= 15 is 0 Å². The largest absolute Gasteiger partial charge is 0.393 e. The highest BCUT2D eigenvalue weighted by Crippen LogP contribution is 2.70. The molecule has 8 rings (SSSR count). The molecule has 402 valence electrons. The van der Waals surface area contributed by atoms with Crippen LogP contribution >= 0.6 is 0 Å². The van der Waals surface area contributed by atoms with Gasteiger partial charge in [-0.25, -0.2) is 0 Å². The molecule has 0 spiro atoms. The van der Waals surface area contributed by atoms with E-state index in [1.165, 1.54) is 51.4 Å². The van der Waals surface area contributed by atoms with E-state index in [0.717, 1.165) is 77.3 Å². The molecule has 8 saturated carbocycles. The maximum atomic E-state index is 12.5. The number of carbonyl (C=O) groups excluding carboxylic acids is 2. The molecular weight excluding hydrogens is 929 g/mol. The summed E-state index contributed by atoms with van der Waals surface area (Å²) in [5.74, 6) is 4.23. The van der Waals surface area contributed by atoms with E-state index in [1.807, 2.05) is 0 Å². The predicted molar refractivity (Wildman–Crippen MR) is 272 cm³/mol. The first-order valence-electron chi connectivity index (χ1n) is 28.1. The average Bonchev–Trinajstić information content (AvgIpc) is 3.83.